The highest BCUT2D eigenvalue weighted by atomic mass is 35.5. The van der Waals surface area contributed by atoms with Crippen LogP contribution in [0.1, 0.15) is 49.4 Å². The van der Waals surface area contributed by atoms with E-state index in [4.69, 9.17) is 15.2 Å². The van der Waals surface area contributed by atoms with Crippen LogP contribution in [-0.2, 0) is 9.53 Å². The van der Waals surface area contributed by atoms with Crippen LogP contribution in [0, 0.1) is 0 Å². The number of rotatable bonds is 6. The number of hydrogen-bond acceptors (Lipinski definition) is 5. The summed E-state index contributed by atoms with van der Waals surface area (Å²) in [4.78, 5) is 27.2. The third-order valence-corrected chi connectivity index (χ3v) is 5.09. The minimum Gasteiger partial charge on any atom is -0.492 e. The average Bonchev–Trinajstić information content (AvgIpc) is 3.19. The fourth-order valence-corrected chi connectivity index (χ4v) is 3.61. The van der Waals surface area contributed by atoms with Gasteiger partial charge in [-0.2, -0.15) is 0 Å². The van der Waals surface area contributed by atoms with Gasteiger partial charge in [0.15, 0.2) is 0 Å². The summed E-state index contributed by atoms with van der Waals surface area (Å²) < 4.78 is 11.3. The normalized spacial score (nSPS) is 21.7. The molecule has 0 bridgehead atoms. The van der Waals surface area contributed by atoms with Gasteiger partial charge in [-0.25, -0.2) is 0 Å². The number of nitrogens with two attached hydrogens (primary N) is 1. The summed E-state index contributed by atoms with van der Waals surface area (Å²) in [7, 11) is 0. The molecule has 0 spiro atoms. The number of nitrogens with one attached hydrogen (secondary N) is 1. The molecule has 2 saturated heterocycles. The summed E-state index contributed by atoms with van der Waals surface area (Å²) in [6.07, 6.45) is 4.07. The lowest BCUT2D eigenvalue weighted by molar-refractivity contribution is -0.126. The molecule has 0 aromatic heterocycles. The molecule has 0 aliphatic carbocycles. The van der Waals surface area contributed by atoms with E-state index in [0.29, 0.717) is 36.6 Å². The van der Waals surface area contributed by atoms with Gasteiger partial charge in [-0.05, 0) is 57.2 Å². The summed E-state index contributed by atoms with van der Waals surface area (Å²) >= 11 is 0. The summed E-state index contributed by atoms with van der Waals surface area (Å²) in [5.41, 5.74) is 6.68. The first-order valence-electron chi connectivity index (χ1n) is 9.85. The quantitative estimate of drug-likeness (QED) is 0.750. The second-order valence-electron chi connectivity index (χ2n) is 7.05. The molecule has 0 unspecified atom stereocenters. The van der Waals surface area contributed by atoms with Crippen molar-refractivity contribution in [3.8, 4) is 5.75 Å². The van der Waals surface area contributed by atoms with Gasteiger partial charge in [0, 0.05) is 25.2 Å². The van der Waals surface area contributed by atoms with Gasteiger partial charge in [-0.15, -0.1) is 12.4 Å². The highest BCUT2D eigenvalue weighted by Crippen LogP contribution is 2.29. The Morgan fingerprint density at radius 3 is 2.64 bits per heavy atom. The Hall–Kier alpha value is -1.83. The zero-order chi connectivity index (χ0) is 19.2. The molecule has 2 aliphatic heterocycles. The van der Waals surface area contributed by atoms with Crippen LogP contribution in [0.4, 0.5) is 5.69 Å². The number of nitrogens with zero attached hydrogens (tertiary/aromatic N) is 1. The predicted octanol–water partition coefficient (Wildman–Crippen LogP) is 2.58. The zero-order valence-electron chi connectivity index (χ0n) is 16.3. The van der Waals surface area contributed by atoms with E-state index in [1.165, 1.54) is 6.42 Å². The van der Waals surface area contributed by atoms with Crippen LogP contribution >= 0.6 is 12.4 Å². The maximum absolute atomic E-state index is 12.8. The summed E-state index contributed by atoms with van der Waals surface area (Å²) in [6, 6.07) is 5.21. The van der Waals surface area contributed by atoms with E-state index in [2.05, 4.69) is 5.32 Å². The number of carbonyl (C=O) groups is 2. The topological polar surface area (TPSA) is 93.9 Å². The lowest BCUT2D eigenvalue weighted by Crippen LogP contribution is -2.35. The van der Waals surface area contributed by atoms with Crippen LogP contribution in [-0.4, -0.2) is 55.2 Å². The standard InChI is InChI=1S/C20H29N3O4.ClH/c1-2-26-17-8-6-14(20(25)23-10-4-3-5-11-23)12-16(17)22-19(24)18-9-7-15(13-21)27-18;/h6,8,12,15,18H,2-5,7,9-11,13,21H2,1H3,(H,22,24);1H/t15-,18+;/m1./s1. The minimum atomic E-state index is -0.519. The first-order chi connectivity index (χ1) is 13.1. The molecule has 28 heavy (non-hydrogen) atoms. The van der Waals surface area contributed by atoms with Crippen molar-refractivity contribution in [2.45, 2.75) is 51.2 Å². The van der Waals surface area contributed by atoms with Gasteiger partial charge in [-0.3, -0.25) is 9.59 Å². The van der Waals surface area contributed by atoms with Gasteiger partial charge >= 0.3 is 0 Å². The third-order valence-electron chi connectivity index (χ3n) is 5.09. The summed E-state index contributed by atoms with van der Waals surface area (Å²) in [5.74, 6) is 0.317. The number of amides is 2. The largest absolute Gasteiger partial charge is 0.492 e. The van der Waals surface area contributed by atoms with Gasteiger partial charge in [0.1, 0.15) is 11.9 Å². The molecule has 0 saturated carbocycles. The molecule has 2 aliphatic rings. The summed E-state index contributed by atoms with van der Waals surface area (Å²) in [5, 5.41) is 2.88. The first-order valence-corrected chi connectivity index (χ1v) is 9.85. The Bertz CT molecular complexity index is 679. The van der Waals surface area contributed by atoms with Crippen molar-refractivity contribution in [2.24, 2.45) is 5.73 Å². The van der Waals surface area contributed by atoms with E-state index in [1.807, 2.05) is 11.8 Å². The Morgan fingerprint density at radius 1 is 1.25 bits per heavy atom. The number of ether oxygens (including phenoxy) is 2. The molecule has 3 N–H and O–H groups in total. The van der Waals surface area contributed by atoms with Crippen LogP contribution < -0.4 is 15.8 Å². The van der Waals surface area contributed by atoms with Crippen LogP contribution in [0.25, 0.3) is 0 Å². The van der Waals surface area contributed by atoms with Crippen LogP contribution in [0.5, 0.6) is 5.75 Å². The smallest absolute Gasteiger partial charge is 0.253 e. The fourth-order valence-electron chi connectivity index (χ4n) is 3.61. The molecule has 8 heteroatoms. The van der Waals surface area contributed by atoms with Crippen LogP contribution in [0.3, 0.4) is 0 Å². The van der Waals surface area contributed by atoms with E-state index in [9.17, 15) is 9.59 Å². The van der Waals surface area contributed by atoms with E-state index in [0.717, 1.165) is 32.4 Å². The van der Waals surface area contributed by atoms with Gasteiger partial charge in [0.25, 0.3) is 11.8 Å². The molecule has 2 amide bonds. The molecule has 2 heterocycles. The predicted molar refractivity (Wildman–Crippen MR) is 110 cm³/mol. The Morgan fingerprint density at radius 2 is 2.00 bits per heavy atom. The van der Waals surface area contributed by atoms with E-state index in [-0.39, 0.29) is 30.3 Å². The molecule has 7 nitrogen and oxygen atoms in total. The minimum absolute atomic E-state index is 0. The molecule has 1 aromatic rings. The van der Waals surface area contributed by atoms with Crippen molar-refractivity contribution in [1.29, 1.82) is 0 Å². The number of likely N-dealkylation sites (tertiary alicyclic amines) is 1. The maximum Gasteiger partial charge on any atom is 0.253 e. The van der Waals surface area contributed by atoms with Gasteiger partial charge in [0.05, 0.1) is 18.4 Å². The second-order valence-corrected chi connectivity index (χ2v) is 7.05. The van der Waals surface area contributed by atoms with Crippen LogP contribution in [0.15, 0.2) is 18.2 Å². The maximum atomic E-state index is 12.8. The Labute approximate surface area is 172 Å². The molecule has 2 atom stereocenters. The lowest BCUT2D eigenvalue weighted by Gasteiger charge is -2.27. The lowest BCUT2D eigenvalue weighted by atomic mass is 10.1. The molecular weight excluding hydrogens is 382 g/mol. The monoisotopic (exact) mass is 411 g/mol. The third kappa shape index (κ3) is 5.37. The molecule has 2 fully saturated rings. The Balaban J connectivity index is 0.00000280. The van der Waals surface area contributed by atoms with Gasteiger partial charge < -0.3 is 25.4 Å². The number of benzene rings is 1. The molecule has 156 valence electrons. The molecular formula is C20H30ClN3O4. The number of hydrogen-bond donors (Lipinski definition) is 2. The van der Waals surface area contributed by atoms with E-state index < -0.39 is 6.10 Å². The van der Waals surface area contributed by atoms with Gasteiger partial charge in [-0.1, -0.05) is 0 Å². The molecule has 0 radical (unpaired) electrons. The number of piperidine rings is 1. The van der Waals surface area contributed by atoms with Crippen molar-refractivity contribution in [2.75, 3.05) is 31.6 Å². The second kappa shape index (κ2) is 10.6. The highest BCUT2D eigenvalue weighted by Gasteiger charge is 2.30. The number of anilines is 1. The zero-order valence-corrected chi connectivity index (χ0v) is 17.1. The average molecular weight is 412 g/mol. The van der Waals surface area contributed by atoms with E-state index >= 15 is 0 Å². The van der Waals surface area contributed by atoms with E-state index in [1.54, 1.807) is 18.2 Å². The first kappa shape index (κ1) is 22.5. The van der Waals surface area contributed by atoms with Gasteiger partial charge in [0.2, 0.25) is 0 Å². The van der Waals surface area contributed by atoms with Crippen molar-refractivity contribution in [3.05, 3.63) is 23.8 Å². The van der Waals surface area contributed by atoms with Crippen molar-refractivity contribution >= 4 is 29.9 Å². The number of carbonyl (C=O) groups excluding carboxylic acids is 2. The molecule has 1 aromatic carbocycles. The Kier molecular flexibility index (Phi) is 8.54. The summed E-state index contributed by atoms with van der Waals surface area (Å²) in [6.45, 7) is 4.32. The van der Waals surface area contributed by atoms with Crippen molar-refractivity contribution < 1.29 is 19.1 Å². The fraction of sp³-hybridized carbons (Fsp3) is 0.600. The SMILES string of the molecule is CCOc1ccc(C(=O)N2CCCCC2)cc1NC(=O)[C@@H]1CC[C@H](CN)O1.Cl. The van der Waals surface area contributed by atoms with Crippen molar-refractivity contribution in [3.63, 3.8) is 0 Å². The highest BCUT2D eigenvalue weighted by molar-refractivity contribution is 5.99. The molecule has 3 rings (SSSR count). The van der Waals surface area contributed by atoms with Crippen LogP contribution in [0.2, 0.25) is 0 Å². The number of halogens is 1. The van der Waals surface area contributed by atoms with Crippen molar-refractivity contribution in [1.82, 2.24) is 4.90 Å².